The van der Waals surface area contributed by atoms with Gasteiger partial charge >= 0.3 is 0 Å². The first kappa shape index (κ1) is 23.0. The van der Waals surface area contributed by atoms with Crippen LogP contribution in [-0.2, 0) is 4.79 Å². The van der Waals surface area contributed by atoms with Gasteiger partial charge in [-0.05, 0) is 41.1 Å². The highest BCUT2D eigenvalue weighted by Crippen LogP contribution is 2.33. The lowest BCUT2D eigenvalue weighted by molar-refractivity contribution is -0.705. The second kappa shape index (κ2) is 10.2. The molecule has 0 unspecified atom stereocenters. The molecule has 0 aliphatic carbocycles. The van der Waals surface area contributed by atoms with E-state index in [0.717, 1.165) is 23.1 Å². The minimum absolute atomic E-state index is 0.128. The minimum atomic E-state index is -0.661. The van der Waals surface area contributed by atoms with Gasteiger partial charge in [0.25, 0.3) is 10.9 Å². The van der Waals surface area contributed by atoms with Gasteiger partial charge < -0.3 is 20.3 Å². The van der Waals surface area contributed by atoms with E-state index < -0.39 is 11.9 Å². The van der Waals surface area contributed by atoms with Crippen LogP contribution < -0.4 is 20.4 Å². The predicted octanol–water partition coefficient (Wildman–Crippen LogP) is 3.25. The van der Waals surface area contributed by atoms with Crippen molar-refractivity contribution in [3.05, 3.63) is 76.7 Å². The number of hydrogen-bond acceptors (Lipinski definition) is 8. The fourth-order valence-corrected chi connectivity index (χ4v) is 4.88. The molecule has 0 spiro atoms. The van der Waals surface area contributed by atoms with Crippen molar-refractivity contribution >= 4 is 45.6 Å². The van der Waals surface area contributed by atoms with Gasteiger partial charge in [0.1, 0.15) is 11.1 Å². The summed E-state index contributed by atoms with van der Waals surface area (Å²) in [6, 6.07) is 19.9. The van der Waals surface area contributed by atoms with E-state index in [9.17, 15) is 20.0 Å². The Morgan fingerprint density at radius 1 is 1.15 bits per heavy atom. The smallest absolute Gasteiger partial charge is 0.298 e. The average molecular weight is 492 g/mol. The number of para-hydroxylation sites is 2. The number of carbonyl (C=O) groups excluding carboxylic acids is 2. The highest BCUT2D eigenvalue weighted by atomic mass is 32.2. The van der Waals surface area contributed by atoms with Gasteiger partial charge in [0.15, 0.2) is 5.95 Å². The van der Waals surface area contributed by atoms with Gasteiger partial charge in [0.2, 0.25) is 11.6 Å². The first-order valence-corrected chi connectivity index (χ1v) is 11.7. The number of carbonyl (C=O) groups is 2. The summed E-state index contributed by atoms with van der Waals surface area (Å²) in [7, 11) is 0. The Morgan fingerprint density at radius 2 is 1.82 bits per heavy atom. The van der Waals surface area contributed by atoms with Crippen molar-refractivity contribution in [1.29, 1.82) is 5.26 Å². The molecule has 0 aliphatic heterocycles. The van der Waals surface area contributed by atoms with E-state index >= 15 is 0 Å². The number of hydrogen-bond donors (Lipinski definition) is 2. The maximum absolute atomic E-state index is 12.7. The molecule has 4 aromatic rings. The van der Waals surface area contributed by atoms with E-state index in [1.807, 2.05) is 18.2 Å². The van der Waals surface area contributed by atoms with Crippen molar-refractivity contribution in [3.63, 3.8) is 0 Å². The number of rotatable bonds is 7. The molecule has 2 N–H and O–H groups in total. The molecule has 2 amide bonds. The van der Waals surface area contributed by atoms with E-state index in [1.54, 1.807) is 55.5 Å². The molecule has 0 aliphatic rings. The van der Waals surface area contributed by atoms with Crippen LogP contribution in [0.1, 0.15) is 20.8 Å². The van der Waals surface area contributed by atoms with Crippen LogP contribution in [0.25, 0.3) is 5.69 Å². The molecule has 4 rings (SSSR count). The summed E-state index contributed by atoms with van der Waals surface area (Å²) in [5.41, 5.74) is 1.93. The Morgan fingerprint density at radius 3 is 2.50 bits per heavy atom. The number of nitriles is 1. The number of nitrogens with one attached hydrogen (secondary N) is 2. The first-order chi connectivity index (χ1) is 16.5. The summed E-state index contributed by atoms with van der Waals surface area (Å²) in [4.78, 5) is 25.7. The zero-order valence-corrected chi connectivity index (χ0v) is 19.4. The van der Waals surface area contributed by atoms with Crippen molar-refractivity contribution < 1.29 is 23.9 Å². The molecule has 0 saturated carbocycles. The molecule has 11 heteroatoms. The lowest BCUT2D eigenvalue weighted by Crippen LogP contribution is -2.35. The lowest BCUT2D eigenvalue weighted by Gasteiger charge is -2.03. The Kier molecular flexibility index (Phi) is 6.91. The summed E-state index contributed by atoms with van der Waals surface area (Å²) >= 11 is 1.98. The third kappa shape index (κ3) is 4.93. The molecule has 2 aromatic carbocycles. The van der Waals surface area contributed by atoms with Crippen molar-refractivity contribution in [2.45, 2.75) is 11.9 Å². The van der Waals surface area contributed by atoms with Crippen molar-refractivity contribution in [2.24, 2.45) is 0 Å². The van der Waals surface area contributed by atoms with Gasteiger partial charge in [0, 0.05) is 17.8 Å². The Labute approximate surface area is 202 Å². The van der Waals surface area contributed by atoms with Gasteiger partial charge in [-0.25, -0.2) is 0 Å². The largest absolute Gasteiger partial charge is 0.538 e. The topological polar surface area (TPSA) is 135 Å². The second-order valence-corrected chi connectivity index (χ2v) is 8.93. The van der Waals surface area contributed by atoms with Gasteiger partial charge in [-0.1, -0.05) is 36.4 Å². The predicted molar refractivity (Wildman–Crippen MR) is 125 cm³/mol. The number of amides is 2. The Bertz CT molecular complexity index is 1380. The number of thioether (sulfide) groups is 1. The second-order valence-electron chi connectivity index (χ2n) is 6.94. The quantitative estimate of drug-likeness (QED) is 0.299. The van der Waals surface area contributed by atoms with E-state index in [1.165, 1.54) is 4.68 Å². The summed E-state index contributed by atoms with van der Waals surface area (Å²) in [5.74, 6) is -1.61. The third-order valence-corrected chi connectivity index (χ3v) is 6.89. The molecule has 0 radical (unpaired) electrons. The van der Waals surface area contributed by atoms with Gasteiger partial charge in [0.05, 0.1) is 21.5 Å². The average Bonchev–Trinajstić information content (AvgIpc) is 3.37. The molecule has 2 heterocycles. The molecule has 34 heavy (non-hydrogen) atoms. The van der Waals surface area contributed by atoms with Crippen LogP contribution >= 0.6 is 23.1 Å². The lowest BCUT2D eigenvalue weighted by atomic mass is 10.1. The number of aromatic nitrogens is 2. The maximum Gasteiger partial charge on any atom is 0.298 e. The normalized spacial score (nSPS) is 10.5. The van der Waals surface area contributed by atoms with Crippen LogP contribution in [0.3, 0.4) is 0 Å². The molecule has 170 valence electrons. The molecule has 0 saturated heterocycles. The zero-order valence-electron chi connectivity index (χ0n) is 17.8. The molecular weight excluding hydrogens is 474 g/mol. The number of thiophene rings is 1. The minimum Gasteiger partial charge on any atom is -0.538 e. The molecular formula is C23H17N5O4S2. The van der Waals surface area contributed by atoms with Crippen molar-refractivity contribution in [2.75, 3.05) is 16.4 Å². The van der Waals surface area contributed by atoms with Crippen LogP contribution in [-0.4, -0.2) is 22.8 Å². The number of anilines is 2. The highest BCUT2D eigenvalue weighted by Gasteiger charge is 2.24. The standard InChI is InChI=1S/C23H17N5O4S2/c1-14-17(12-24)21(34-19(14)20(30)25-15-8-4-2-5-9-15)26-18(29)13-33-22-23(31)32-27-28(22)16-10-6-3-7-11-16/h2-11H,13H2,1H3,(H2-,25,26,27,29,30,31). The third-order valence-electron chi connectivity index (χ3n) is 4.66. The van der Waals surface area contributed by atoms with Gasteiger partial charge in [-0.2, -0.15) is 5.26 Å². The molecule has 0 bridgehead atoms. The SMILES string of the molecule is Cc1c(C(=O)Nc2ccccc2)sc(NC(=O)CSc2c([O-])on[n+]2-c2ccccc2)c1C#N. The molecule has 0 fully saturated rings. The number of benzene rings is 2. The highest BCUT2D eigenvalue weighted by molar-refractivity contribution is 7.99. The summed E-state index contributed by atoms with van der Waals surface area (Å²) in [5, 5.41) is 31.3. The summed E-state index contributed by atoms with van der Waals surface area (Å²) in [6.45, 7) is 1.66. The van der Waals surface area contributed by atoms with Crippen LogP contribution in [0.5, 0.6) is 5.95 Å². The Hall–Kier alpha value is -4.14. The number of nitrogens with zero attached hydrogens (tertiary/aromatic N) is 3. The summed E-state index contributed by atoms with van der Waals surface area (Å²) in [6.07, 6.45) is 0. The molecule has 9 nitrogen and oxygen atoms in total. The van der Waals surface area contributed by atoms with E-state index in [0.29, 0.717) is 21.8 Å². The fraction of sp³-hybridized carbons (Fsp3) is 0.0870. The van der Waals surface area contributed by atoms with E-state index in [2.05, 4.69) is 15.9 Å². The zero-order chi connectivity index (χ0) is 24.1. The summed E-state index contributed by atoms with van der Waals surface area (Å²) < 4.78 is 6.07. The van der Waals surface area contributed by atoms with Crippen molar-refractivity contribution in [1.82, 2.24) is 5.27 Å². The fourth-order valence-electron chi connectivity index (χ4n) is 3.05. The Balaban J connectivity index is 1.47. The maximum atomic E-state index is 12.7. The van der Waals surface area contributed by atoms with E-state index in [-0.39, 0.29) is 27.3 Å². The first-order valence-electron chi connectivity index (χ1n) is 9.95. The van der Waals surface area contributed by atoms with Gasteiger partial charge in [-0.3, -0.25) is 9.59 Å². The van der Waals surface area contributed by atoms with Crippen LogP contribution in [0.4, 0.5) is 10.7 Å². The van der Waals surface area contributed by atoms with E-state index in [4.69, 9.17) is 4.52 Å². The monoisotopic (exact) mass is 491 g/mol. The van der Waals surface area contributed by atoms with Crippen LogP contribution in [0, 0.1) is 18.3 Å². The molecule has 2 aromatic heterocycles. The van der Waals surface area contributed by atoms with Crippen LogP contribution in [0.2, 0.25) is 0 Å². The van der Waals surface area contributed by atoms with Crippen molar-refractivity contribution in [3.8, 4) is 17.7 Å². The van der Waals surface area contributed by atoms with Crippen LogP contribution in [0.15, 0.2) is 70.2 Å². The molecule has 0 atom stereocenters. The van der Waals surface area contributed by atoms with Gasteiger partial charge in [-0.15, -0.1) is 11.3 Å².